The highest BCUT2D eigenvalue weighted by atomic mass is 16.3. The van der Waals surface area contributed by atoms with E-state index in [9.17, 15) is 9.90 Å². The van der Waals surface area contributed by atoms with Crippen LogP contribution in [-0.2, 0) is 6.54 Å². The van der Waals surface area contributed by atoms with Gasteiger partial charge in [-0.2, -0.15) is 5.10 Å². The SMILES string of the molecule is O=C(Nc1cccc(-c2nnn[nH]2)c1)c1n[nH]cc1CNc1ccccc1[C@H](O)c1ccccc1. The molecule has 1 amide bonds. The minimum absolute atomic E-state index is 0.269. The summed E-state index contributed by atoms with van der Waals surface area (Å²) in [5.74, 6) is 0.149. The Kier molecular flexibility index (Phi) is 6.27. The predicted octanol–water partition coefficient (Wildman–Crippen LogP) is 3.54. The number of nitrogens with zero attached hydrogens (tertiary/aromatic N) is 4. The molecular weight excluding hydrogens is 444 g/mol. The van der Waals surface area contributed by atoms with Gasteiger partial charge in [-0.1, -0.05) is 60.7 Å². The second-order valence-corrected chi connectivity index (χ2v) is 7.80. The molecule has 2 heterocycles. The third-order valence-corrected chi connectivity index (χ3v) is 5.51. The number of benzene rings is 3. The van der Waals surface area contributed by atoms with Crippen molar-refractivity contribution in [1.82, 2.24) is 30.8 Å². The van der Waals surface area contributed by atoms with E-state index in [-0.39, 0.29) is 11.6 Å². The van der Waals surface area contributed by atoms with E-state index in [1.165, 1.54) is 0 Å². The molecule has 174 valence electrons. The van der Waals surface area contributed by atoms with Crippen LogP contribution in [0.5, 0.6) is 0 Å². The summed E-state index contributed by atoms with van der Waals surface area (Å²) in [6, 6.07) is 24.2. The standard InChI is InChI=1S/C25H22N8O2/c34-23(16-7-2-1-3-8-16)20-11-4-5-12-21(20)26-14-18-15-27-29-22(18)25(35)28-19-10-6-9-17(13-19)24-30-32-33-31-24/h1-13,15,23,26,34H,14H2,(H,27,29)(H,28,35)(H,30,31,32,33)/t23-/m1/s1. The summed E-state index contributed by atoms with van der Waals surface area (Å²) in [5.41, 5.74) is 4.59. The average Bonchev–Trinajstić information content (AvgIpc) is 3.61. The van der Waals surface area contributed by atoms with E-state index < -0.39 is 6.10 Å². The molecule has 1 atom stereocenters. The van der Waals surface area contributed by atoms with E-state index in [2.05, 4.69) is 41.5 Å². The Morgan fingerprint density at radius 2 is 1.83 bits per heavy atom. The highest BCUT2D eigenvalue weighted by Crippen LogP contribution is 2.28. The molecule has 0 saturated heterocycles. The Morgan fingerprint density at radius 1 is 1.00 bits per heavy atom. The number of anilines is 2. The number of H-pyrrole nitrogens is 2. The van der Waals surface area contributed by atoms with Crippen LogP contribution in [0.4, 0.5) is 11.4 Å². The molecule has 0 aliphatic rings. The van der Waals surface area contributed by atoms with Crippen LogP contribution in [0, 0.1) is 0 Å². The van der Waals surface area contributed by atoms with Gasteiger partial charge in [-0.25, -0.2) is 5.10 Å². The molecule has 2 aromatic heterocycles. The lowest BCUT2D eigenvalue weighted by atomic mass is 10.00. The van der Waals surface area contributed by atoms with Crippen molar-refractivity contribution < 1.29 is 9.90 Å². The molecule has 5 rings (SSSR count). The molecule has 10 heteroatoms. The van der Waals surface area contributed by atoms with Crippen LogP contribution >= 0.6 is 0 Å². The fraction of sp³-hybridized carbons (Fsp3) is 0.0800. The minimum Gasteiger partial charge on any atom is -0.384 e. The molecule has 0 aliphatic heterocycles. The van der Waals surface area contributed by atoms with E-state index in [4.69, 9.17) is 0 Å². The number of aliphatic hydroxyl groups excluding tert-OH is 1. The zero-order chi connectivity index (χ0) is 24.0. The van der Waals surface area contributed by atoms with E-state index in [1.54, 1.807) is 24.4 Å². The molecule has 5 aromatic rings. The number of aromatic nitrogens is 6. The van der Waals surface area contributed by atoms with Crippen LogP contribution < -0.4 is 10.6 Å². The highest BCUT2D eigenvalue weighted by Gasteiger charge is 2.18. The van der Waals surface area contributed by atoms with Crippen molar-refractivity contribution in [3.63, 3.8) is 0 Å². The summed E-state index contributed by atoms with van der Waals surface area (Å²) in [6.07, 6.45) is 0.897. The topological polar surface area (TPSA) is 144 Å². The number of aromatic amines is 2. The molecule has 0 fully saturated rings. The second kappa shape index (κ2) is 9.98. The maximum Gasteiger partial charge on any atom is 0.276 e. The first kappa shape index (κ1) is 22.0. The van der Waals surface area contributed by atoms with Gasteiger partial charge in [-0.05, 0) is 34.2 Å². The van der Waals surface area contributed by atoms with Crippen LogP contribution in [0.25, 0.3) is 11.4 Å². The number of carbonyl (C=O) groups excluding carboxylic acids is 1. The van der Waals surface area contributed by atoms with Crippen LogP contribution in [0.2, 0.25) is 0 Å². The fourth-order valence-electron chi connectivity index (χ4n) is 3.76. The molecule has 5 N–H and O–H groups in total. The van der Waals surface area contributed by atoms with Gasteiger partial charge < -0.3 is 15.7 Å². The Balaban J connectivity index is 1.30. The first-order valence-electron chi connectivity index (χ1n) is 10.9. The maximum absolute atomic E-state index is 13.0. The molecule has 0 bridgehead atoms. The van der Waals surface area contributed by atoms with Crippen LogP contribution in [0.15, 0.2) is 85.1 Å². The quantitative estimate of drug-likeness (QED) is 0.235. The molecule has 35 heavy (non-hydrogen) atoms. The first-order chi connectivity index (χ1) is 17.2. The Morgan fingerprint density at radius 3 is 2.66 bits per heavy atom. The number of carbonyl (C=O) groups is 1. The number of rotatable bonds is 8. The summed E-state index contributed by atoms with van der Waals surface area (Å²) >= 11 is 0. The lowest BCUT2D eigenvalue weighted by molar-refractivity contribution is 0.102. The van der Waals surface area contributed by atoms with E-state index in [1.807, 2.05) is 60.7 Å². The van der Waals surface area contributed by atoms with Gasteiger partial charge in [0.25, 0.3) is 5.91 Å². The zero-order valence-corrected chi connectivity index (χ0v) is 18.5. The normalized spacial score (nSPS) is 11.7. The van der Waals surface area contributed by atoms with E-state index in [0.717, 1.165) is 22.4 Å². The molecule has 0 saturated carbocycles. The third kappa shape index (κ3) is 4.92. The third-order valence-electron chi connectivity index (χ3n) is 5.51. The lowest BCUT2D eigenvalue weighted by Gasteiger charge is -2.17. The van der Waals surface area contributed by atoms with E-state index >= 15 is 0 Å². The maximum atomic E-state index is 13.0. The average molecular weight is 467 g/mol. The molecule has 0 unspecified atom stereocenters. The summed E-state index contributed by atoms with van der Waals surface area (Å²) in [4.78, 5) is 13.0. The zero-order valence-electron chi connectivity index (χ0n) is 18.5. The highest BCUT2D eigenvalue weighted by molar-refractivity contribution is 6.04. The monoisotopic (exact) mass is 466 g/mol. The molecule has 0 spiro atoms. The van der Waals surface area contributed by atoms with Gasteiger partial charge in [0.2, 0.25) is 0 Å². The molecular formula is C25H22N8O2. The number of hydrogen-bond donors (Lipinski definition) is 5. The van der Waals surface area contributed by atoms with Crippen molar-refractivity contribution in [3.8, 4) is 11.4 Å². The van der Waals surface area contributed by atoms with Gasteiger partial charge >= 0.3 is 0 Å². The Labute approximate surface area is 200 Å². The van der Waals surface area contributed by atoms with Crippen molar-refractivity contribution in [2.75, 3.05) is 10.6 Å². The summed E-state index contributed by atoms with van der Waals surface area (Å²) in [5, 5.41) is 37.7. The van der Waals surface area contributed by atoms with Gasteiger partial charge in [-0.3, -0.25) is 9.89 Å². The van der Waals surface area contributed by atoms with Gasteiger partial charge in [0.15, 0.2) is 11.5 Å². The van der Waals surface area contributed by atoms with Gasteiger partial charge in [0.1, 0.15) is 6.10 Å². The first-order valence-corrected chi connectivity index (χ1v) is 10.9. The largest absolute Gasteiger partial charge is 0.384 e. The number of nitrogens with one attached hydrogen (secondary N) is 4. The Bertz CT molecular complexity index is 1420. The summed E-state index contributed by atoms with van der Waals surface area (Å²) in [6.45, 7) is 0.335. The number of hydrogen-bond acceptors (Lipinski definition) is 7. The fourth-order valence-corrected chi connectivity index (χ4v) is 3.76. The Hall–Kier alpha value is -4.83. The van der Waals surface area contributed by atoms with Crippen LogP contribution in [0.3, 0.4) is 0 Å². The summed E-state index contributed by atoms with van der Waals surface area (Å²) < 4.78 is 0. The van der Waals surface area contributed by atoms with Crippen molar-refractivity contribution in [2.45, 2.75) is 12.6 Å². The van der Waals surface area contributed by atoms with Crippen molar-refractivity contribution in [1.29, 1.82) is 0 Å². The van der Waals surface area contributed by atoms with Crippen LogP contribution in [0.1, 0.15) is 33.3 Å². The number of amides is 1. The number of tetrazole rings is 1. The van der Waals surface area contributed by atoms with Crippen molar-refractivity contribution >= 4 is 17.3 Å². The second-order valence-electron chi connectivity index (χ2n) is 7.80. The lowest BCUT2D eigenvalue weighted by Crippen LogP contribution is -2.16. The van der Waals surface area contributed by atoms with E-state index in [0.29, 0.717) is 23.6 Å². The van der Waals surface area contributed by atoms with Gasteiger partial charge in [0.05, 0.1) is 0 Å². The van der Waals surface area contributed by atoms with Gasteiger partial charge in [-0.15, -0.1) is 5.10 Å². The van der Waals surface area contributed by atoms with Gasteiger partial charge in [0, 0.05) is 40.8 Å². The van der Waals surface area contributed by atoms with Crippen molar-refractivity contribution in [3.05, 3.63) is 107 Å². The minimum atomic E-state index is -0.779. The smallest absolute Gasteiger partial charge is 0.276 e. The molecule has 10 nitrogen and oxygen atoms in total. The predicted molar refractivity (Wildman–Crippen MR) is 130 cm³/mol. The summed E-state index contributed by atoms with van der Waals surface area (Å²) in [7, 11) is 0. The molecule has 0 radical (unpaired) electrons. The van der Waals surface area contributed by atoms with Crippen LogP contribution in [-0.4, -0.2) is 41.8 Å². The number of para-hydroxylation sites is 1. The molecule has 0 aliphatic carbocycles. The number of aliphatic hydroxyl groups is 1. The van der Waals surface area contributed by atoms with Crippen molar-refractivity contribution in [2.24, 2.45) is 0 Å². The molecule has 3 aromatic carbocycles.